The second kappa shape index (κ2) is 11.4. The first-order valence-corrected chi connectivity index (χ1v) is 4.40. The number of aliphatic hydroxyl groups is 1. The second-order valence-electron chi connectivity index (χ2n) is 2.69. The monoisotopic (exact) mass is 192 g/mol. The van der Waals surface area contributed by atoms with E-state index in [4.69, 9.17) is 10.2 Å². The smallest absolute Gasteiger partial charge is 0.303 e. The summed E-state index contributed by atoms with van der Waals surface area (Å²) in [5.41, 5.74) is 2.08. The first kappa shape index (κ1) is 14.9. The average Bonchev–Trinajstić information content (AvgIpc) is 2.05. The van der Waals surface area contributed by atoms with Gasteiger partial charge in [0.15, 0.2) is 0 Å². The number of hydrogen-bond donors (Lipinski definition) is 4. The summed E-state index contributed by atoms with van der Waals surface area (Å²) in [6.07, 6.45) is 2.69. The Labute approximate surface area is 78.9 Å². The first-order chi connectivity index (χ1) is 6.04. The molecule has 0 rings (SSSR count). The number of nitrogens with two attached hydrogens (primary N) is 1. The summed E-state index contributed by atoms with van der Waals surface area (Å²) in [6.45, 7) is 3.60. The van der Waals surface area contributed by atoms with Crippen LogP contribution in [0.25, 0.3) is 0 Å². The van der Waals surface area contributed by atoms with Gasteiger partial charge in [0.05, 0.1) is 0 Å². The summed E-state index contributed by atoms with van der Waals surface area (Å²) in [6, 6.07) is 0. The fraction of sp³-hybridized carbons (Fsp3) is 0.875. The van der Waals surface area contributed by atoms with Crippen molar-refractivity contribution in [2.75, 3.05) is 0 Å². The van der Waals surface area contributed by atoms with Gasteiger partial charge in [0.25, 0.3) is 0 Å². The highest BCUT2D eigenvalue weighted by atomic mass is 16.4. The molecule has 1 atom stereocenters. The first-order valence-electron chi connectivity index (χ1n) is 4.40. The third-order valence-electron chi connectivity index (χ3n) is 1.24. The number of aliphatic carboxylic acids is 1. The van der Waals surface area contributed by atoms with Crippen molar-refractivity contribution in [1.29, 1.82) is 0 Å². The third kappa shape index (κ3) is 24.6. The van der Waals surface area contributed by atoms with E-state index < -0.39 is 12.2 Å². The minimum Gasteiger partial charge on any atom is -0.481 e. The Morgan fingerprint density at radius 1 is 1.54 bits per heavy atom. The van der Waals surface area contributed by atoms with Crippen molar-refractivity contribution in [1.82, 2.24) is 5.43 Å². The van der Waals surface area contributed by atoms with Gasteiger partial charge in [0.2, 0.25) is 0 Å². The zero-order chi connectivity index (χ0) is 10.7. The van der Waals surface area contributed by atoms with Crippen molar-refractivity contribution in [2.24, 2.45) is 5.84 Å². The van der Waals surface area contributed by atoms with Gasteiger partial charge in [-0.25, -0.2) is 5.43 Å². The molecular weight excluding hydrogens is 172 g/mol. The molecule has 0 radical (unpaired) electrons. The molecule has 0 spiro atoms. The highest BCUT2D eigenvalue weighted by Crippen LogP contribution is 1.97. The van der Waals surface area contributed by atoms with E-state index in [2.05, 4.69) is 18.2 Å². The molecule has 80 valence electrons. The zero-order valence-electron chi connectivity index (χ0n) is 8.29. The molecular formula is C8H20N2O3. The molecule has 1 unspecified atom stereocenters. The van der Waals surface area contributed by atoms with Gasteiger partial charge in [-0.1, -0.05) is 19.8 Å². The van der Waals surface area contributed by atoms with Crippen LogP contribution in [-0.2, 0) is 4.79 Å². The molecule has 0 amide bonds. The van der Waals surface area contributed by atoms with Crippen molar-refractivity contribution in [3.63, 3.8) is 0 Å². The highest BCUT2D eigenvalue weighted by molar-refractivity contribution is 5.66. The van der Waals surface area contributed by atoms with Gasteiger partial charge in [-0.15, -0.1) is 0 Å². The Balaban J connectivity index is 0. The lowest BCUT2D eigenvalue weighted by Gasteiger charge is -1.94. The summed E-state index contributed by atoms with van der Waals surface area (Å²) in [4.78, 5) is 9.87. The molecule has 0 aromatic carbocycles. The second-order valence-corrected chi connectivity index (χ2v) is 2.69. The predicted octanol–water partition coefficient (Wildman–Crippen LogP) is 0.439. The van der Waals surface area contributed by atoms with Crippen molar-refractivity contribution >= 4 is 5.97 Å². The molecule has 0 bridgehead atoms. The lowest BCUT2D eigenvalue weighted by molar-refractivity contribution is -0.137. The van der Waals surface area contributed by atoms with Crippen LogP contribution < -0.4 is 11.3 Å². The fourth-order valence-corrected chi connectivity index (χ4v) is 0.526. The predicted molar refractivity (Wildman–Crippen MR) is 50.8 cm³/mol. The fourth-order valence-electron chi connectivity index (χ4n) is 0.526. The van der Waals surface area contributed by atoms with Crippen LogP contribution in [-0.4, -0.2) is 22.4 Å². The number of unbranched alkanes of at least 4 members (excludes halogenated alkanes) is 2. The van der Waals surface area contributed by atoms with Gasteiger partial charge in [-0.05, 0) is 13.3 Å². The molecule has 0 saturated heterocycles. The molecule has 0 saturated carbocycles. The normalized spacial score (nSPS) is 11.4. The summed E-state index contributed by atoms with van der Waals surface area (Å²) >= 11 is 0. The van der Waals surface area contributed by atoms with Crippen LogP contribution in [0.3, 0.4) is 0 Å². The van der Waals surface area contributed by atoms with Crippen LogP contribution in [0.15, 0.2) is 0 Å². The lowest BCUT2D eigenvalue weighted by atomic mass is 10.2. The van der Waals surface area contributed by atoms with Crippen molar-refractivity contribution in [3.05, 3.63) is 0 Å². The maximum absolute atomic E-state index is 9.87. The Bertz CT molecular complexity index is 118. The molecule has 0 heterocycles. The number of carboxylic acid groups (broad SMARTS) is 1. The van der Waals surface area contributed by atoms with Crippen molar-refractivity contribution < 1.29 is 15.0 Å². The van der Waals surface area contributed by atoms with Crippen LogP contribution in [0.2, 0.25) is 0 Å². The SMILES string of the molecule is CC(O)NN.CCCCCC(=O)O. The molecule has 0 aromatic rings. The highest BCUT2D eigenvalue weighted by Gasteiger charge is 1.92. The molecule has 5 heteroatoms. The Morgan fingerprint density at radius 3 is 2.23 bits per heavy atom. The minimum atomic E-state index is -0.682. The maximum Gasteiger partial charge on any atom is 0.303 e. The number of rotatable bonds is 5. The van der Waals surface area contributed by atoms with Crippen molar-refractivity contribution in [2.45, 2.75) is 45.8 Å². The van der Waals surface area contributed by atoms with Crippen LogP contribution in [0, 0.1) is 0 Å². The molecule has 0 aromatic heterocycles. The van der Waals surface area contributed by atoms with E-state index in [1.54, 1.807) is 6.92 Å². The summed E-state index contributed by atoms with van der Waals surface area (Å²) in [5, 5.41) is 16.3. The quantitative estimate of drug-likeness (QED) is 0.219. The molecule has 13 heavy (non-hydrogen) atoms. The van der Waals surface area contributed by atoms with E-state index in [1.165, 1.54) is 0 Å². The Kier molecular flexibility index (Phi) is 13.0. The minimum absolute atomic E-state index is 0.327. The van der Waals surface area contributed by atoms with Gasteiger partial charge in [0.1, 0.15) is 6.23 Å². The number of hydrazine groups is 1. The summed E-state index contributed by atoms with van der Waals surface area (Å²) in [7, 11) is 0. The molecule has 0 aliphatic rings. The van der Waals surface area contributed by atoms with Crippen molar-refractivity contribution in [3.8, 4) is 0 Å². The third-order valence-corrected chi connectivity index (χ3v) is 1.24. The van der Waals surface area contributed by atoms with Gasteiger partial charge in [-0.2, -0.15) is 0 Å². The number of aliphatic hydroxyl groups excluding tert-OH is 1. The Morgan fingerprint density at radius 2 is 2.00 bits per heavy atom. The van der Waals surface area contributed by atoms with Gasteiger partial charge >= 0.3 is 5.97 Å². The molecule has 0 aliphatic heterocycles. The summed E-state index contributed by atoms with van der Waals surface area (Å²) < 4.78 is 0. The number of nitrogens with one attached hydrogen (secondary N) is 1. The van der Waals surface area contributed by atoms with Gasteiger partial charge < -0.3 is 10.2 Å². The van der Waals surface area contributed by atoms with E-state index in [0.29, 0.717) is 6.42 Å². The number of carbonyl (C=O) groups is 1. The molecule has 5 nitrogen and oxygen atoms in total. The standard InChI is InChI=1S/C6H12O2.C2H8N2O/c1-2-3-4-5-6(7)8;1-2(5)4-3/h2-5H2,1H3,(H,7,8);2,4-5H,3H2,1H3. The summed E-state index contributed by atoms with van der Waals surface area (Å²) in [5.74, 6) is 3.99. The molecule has 0 fully saturated rings. The van der Waals surface area contributed by atoms with Gasteiger partial charge in [0, 0.05) is 6.42 Å². The lowest BCUT2D eigenvalue weighted by Crippen LogP contribution is -2.31. The molecule has 5 N–H and O–H groups in total. The van der Waals surface area contributed by atoms with E-state index in [0.717, 1.165) is 19.3 Å². The van der Waals surface area contributed by atoms with Crippen LogP contribution in [0.4, 0.5) is 0 Å². The maximum atomic E-state index is 9.87. The zero-order valence-corrected chi connectivity index (χ0v) is 8.29. The van der Waals surface area contributed by atoms with E-state index in [-0.39, 0.29) is 0 Å². The molecule has 0 aliphatic carbocycles. The van der Waals surface area contributed by atoms with E-state index in [9.17, 15) is 4.79 Å². The topological polar surface area (TPSA) is 95.6 Å². The van der Waals surface area contributed by atoms with Crippen LogP contribution in [0.5, 0.6) is 0 Å². The Hall–Kier alpha value is -0.650. The number of hydrogen-bond acceptors (Lipinski definition) is 4. The average molecular weight is 192 g/mol. The van der Waals surface area contributed by atoms with Crippen LogP contribution in [0.1, 0.15) is 39.5 Å². The van der Waals surface area contributed by atoms with Crippen LogP contribution >= 0.6 is 0 Å². The van der Waals surface area contributed by atoms with Gasteiger partial charge in [-0.3, -0.25) is 10.6 Å². The van der Waals surface area contributed by atoms with E-state index in [1.807, 2.05) is 0 Å². The van der Waals surface area contributed by atoms with E-state index >= 15 is 0 Å². The number of carboxylic acids is 1. The largest absolute Gasteiger partial charge is 0.481 e.